The van der Waals surface area contributed by atoms with Gasteiger partial charge in [-0.15, -0.1) is 0 Å². The molecular weight excluding hydrogens is 238 g/mol. The number of ether oxygens (including phenoxy) is 1. The summed E-state index contributed by atoms with van der Waals surface area (Å²) in [6.07, 6.45) is 5.03. The second-order valence-electron chi connectivity index (χ2n) is 4.14. The monoisotopic (exact) mass is 253 g/mol. The number of nitrogens with zero attached hydrogens (tertiary/aromatic N) is 3. The number of rotatable bonds is 5. The second kappa shape index (κ2) is 5.52. The van der Waals surface area contributed by atoms with E-state index in [2.05, 4.69) is 5.10 Å². The van der Waals surface area contributed by atoms with E-state index in [1.165, 1.54) is 17.1 Å². The van der Waals surface area contributed by atoms with Crippen LogP contribution in [0.1, 0.15) is 12.8 Å². The summed E-state index contributed by atoms with van der Waals surface area (Å²) in [6.45, 7) is 1.37. The van der Waals surface area contributed by atoms with Crippen LogP contribution in [-0.4, -0.2) is 51.4 Å². The van der Waals surface area contributed by atoms with E-state index in [1.54, 1.807) is 4.90 Å². The van der Waals surface area contributed by atoms with Gasteiger partial charge >= 0.3 is 5.97 Å². The van der Waals surface area contributed by atoms with Gasteiger partial charge in [0.05, 0.1) is 12.4 Å². The van der Waals surface area contributed by atoms with Crippen LogP contribution in [0.2, 0.25) is 0 Å². The van der Waals surface area contributed by atoms with Gasteiger partial charge in [0.1, 0.15) is 6.54 Å². The fourth-order valence-corrected chi connectivity index (χ4v) is 1.86. The number of carboxylic acids is 1. The summed E-state index contributed by atoms with van der Waals surface area (Å²) < 4.78 is 6.40. The smallest absolute Gasteiger partial charge is 0.341 e. The van der Waals surface area contributed by atoms with Crippen LogP contribution in [0.15, 0.2) is 12.4 Å². The van der Waals surface area contributed by atoms with Gasteiger partial charge in [-0.05, 0) is 12.8 Å². The van der Waals surface area contributed by atoms with Crippen molar-refractivity contribution in [3.63, 3.8) is 0 Å². The van der Waals surface area contributed by atoms with E-state index in [1.807, 2.05) is 0 Å². The number of hydrogen-bond acceptors (Lipinski definition) is 4. The molecule has 2 rings (SSSR count). The summed E-state index contributed by atoms with van der Waals surface area (Å²) in [5.74, 6) is -0.664. The molecule has 1 aromatic heterocycles. The van der Waals surface area contributed by atoms with Crippen molar-refractivity contribution in [1.29, 1.82) is 0 Å². The van der Waals surface area contributed by atoms with Crippen LogP contribution in [-0.2, 0) is 16.1 Å². The Morgan fingerprint density at radius 1 is 1.39 bits per heavy atom. The summed E-state index contributed by atoms with van der Waals surface area (Å²) in [5.41, 5.74) is 0. The third-order valence-corrected chi connectivity index (χ3v) is 2.73. The van der Waals surface area contributed by atoms with Gasteiger partial charge in [-0.1, -0.05) is 0 Å². The highest BCUT2D eigenvalue weighted by molar-refractivity contribution is 5.76. The maximum atomic E-state index is 11.8. The number of hydrogen-bond donors (Lipinski definition) is 1. The van der Waals surface area contributed by atoms with Crippen molar-refractivity contribution in [2.75, 3.05) is 19.7 Å². The normalized spacial score (nSPS) is 14.8. The van der Waals surface area contributed by atoms with Crippen LogP contribution in [0.25, 0.3) is 0 Å². The molecule has 0 aromatic carbocycles. The maximum Gasteiger partial charge on any atom is 0.341 e. The Kier molecular flexibility index (Phi) is 3.81. The van der Waals surface area contributed by atoms with Gasteiger partial charge in [0.15, 0.2) is 12.4 Å². The maximum absolute atomic E-state index is 11.8. The fraction of sp³-hybridized carbons (Fsp3) is 0.545. The van der Waals surface area contributed by atoms with E-state index in [0.717, 1.165) is 25.9 Å². The lowest BCUT2D eigenvalue weighted by molar-refractivity contribution is -0.139. The van der Waals surface area contributed by atoms with Crippen molar-refractivity contribution in [3.05, 3.63) is 12.4 Å². The minimum absolute atomic E-state index is 0.0281. The van der Waals surface area contributed by atoms with Gasteiger partial charge in [-0.25, -0.2) is 4.79 Å². The third kappa shape index (κ3) is 3.22. The van der Waals surface area contributed by atoms with Gasteiger partial charge in [0.25, 0.3) is 0 Å². The zero-order valence-corrected chi connectivity index (χ0v) is 9.91. The topological polar surface area (TPSA) is 84.7 Å². The molecule has 0 saturated carbocycles. The van der Waals surface area contributed by atoms with E-state index in [0.29, 0.717) is 5.75 Å². The molecule has 7 nitrogen and oxygen atoms in total. The molecule has 1 aliphatic rings. The first-order chi connectivity index (χ1) is 8.65. The predicted molar refractivity (Wildman–Crippen MR) is 61.2 cm³/mol. The van der Waals surface area contributed by atoms with Crippen molar-refractivity contribution in [2.24, 2.45) is 0 Å². The molecule has 1 aromatic rings. The molecule has 0 atom stereocenters. The highest BCUT2D eigenvalue weighted by Gasteiger charge is 2.18. The Morgan fingerprint density at radius 2 is 2.11 bits per heavy atom. The standard InChI is InChI=1S/C11H15N3O4/c15-10(13-3-1-2-4-13)7-14-6-9(5-12-14)18-8-11(16)17/h5-6H,1-4,7-8H2,(H,16,17). The van der Waals surface area contributed by atoms with Crippen LogP contribution in [0.4, 0.5) is 0 Å². The number of likely N-dealkylation sites (tertiary alicyclic amines) is 1. The Balaban J connectivity index is 1.85. The van der Waals surface area contributed by atoms with Crippen molar-refractivity contribution in [1.82, 2.24) is 14.7 Å². The molecule has 98 valence electrons. The summed E-state index contributed by atoms with van der Waals surface area (Å²) in [6, 6.07) is 0. The zero-order valence-electron chi connectivity index (χ0n) is 9.91. The molecule has 0 unspecified atom stereocenters. The largest absolute Gasteiger partial charge is 0.479 e. The Bertz CT molecular complexity index is 437. The average Bonchev–Trinajstić information content (AvgIpc) is 2.97. The first kappa shape index (κ1) is 12.4. The molecule has 18 heavy (non-hydrogen) atoms. The van der Waals surface area contributed by atoms with Gasteiger partial charge < -0.3 is 14.7 Å². The van der Waals surface area contributed by atoms with E-state index >= 15 is 0 Å². The number of carbonyl (C=O) groups is 2. The highest BCUT2D eigenvalue weighted by Crippen LogP contribution is 2.11. The zero-order chi connectivity index (χ0) is 13.0. The second-order valence-corrected chi connectivity index (χ2v) is 4.14. The summed E-state index contributed by atoms with van der Waals surface area (Å²) in [5, 5.41) is 12.4. The molecule has 7 heteroatoms. The molecule has 1 N–H and O–H groups in total. The number of carboxylic acid groups (broad SMARTS) is 1. The van der Waals surface area contributed by atoms with E-state index in [4.69, 9.17) is 9.84 Å². The molecule has 0 bridgehead atoms. The number of carbonyl (C=O) groups excluding carboxylic acids is 1. The van der Waals surface area contributed by atoms with Crippen LogP contribution >= 0.6 is 0 Å². The first-order valence-electron chi connectivity index (χ1n) is 5.80. The van der Waals surface area contributed by atoms with Crippen LogP contribution in [0, 0.1) is 0 Å². The predicted octanol–water partition coefficient (Wildman–Crippen LogP) is -0.0311. The van der Waals surface area contributed by atoms with Crippen molar-refractivity contribution in [2.45, 2.75) is 19.4 Å². The van der Waals surface area contributed by atoms with Gasteiger partial charge in [0, 0.05) is 13.1 Å². The Hall–Kier alpha value is -2.05. The Morgan fingerprint density at radius 3 is 2.78 bits per heavy atom. The van der Waals surface area contributed by atoms with Gasteiger partial charge in [-0.2, -0.15) is 5.10 Å². The lowest BCUT2D eigenvalue weighted by Gasteiger charge is -2.14. The highest BCUT2D eigenvalue weighted by atomic mass is 16.5. The number of amides is 1. The van der Waals surface area contributed by atoms with E-state index < -0.39 is 12.6 Å². The molecule has 1 saturated heterocycles. The summed E-state index contributed by atoms with van der Waals surface area (Å²) >= 11 is 0. The minimum atomic E-state index is -1.05. The molecule has 0 aliphatic carbocycles. The summed E-state index contributed by atoms with van der Waals surface area (Å²) in [7, 11) is 0. The summed E-state index contributed by atoms with van der Waals surface area (Å²) in [4.78, 5) is 23.9. The number of aliphatic carboxylic acids is 1. The first-order valence-corrected chi connectivity index (χ1v) is 5.80. The lowest BCUT2D eigenvalue weighted by Crippen LogP contribution is -2.31. The SMILES string of the molecule is O=C(O)COc1cnn(CC(=O)N2CCCC2)c1. The van der Waals surface area contributed by atoms with E-state index in [9.17, 15) is 9.59 Å². The lowest BCUT2D eigenvalue weighted by atomic mass is 10.4. The van der Waals surface area contributed by atoms with Crippen molar-refractivity contribution in [3.8, 4) is 5.75 Å². The Labute approximate surface area is 104 Å². The van der Waals surface area contributed by atoms with Gasteiger partial charge in [-0.3, -0.25) is 9.48 Å². The molecule has 0 spiro atoms. The molecule has 1 amide bonds. The molecular formula is C11H15N3O4. The molecule has 2 heterocycles. The third-order valence-electron chi connectivity index (χ3n) is 2.73. The molecule has 0 radical (unpaired) electrons. The average molecular weight is 253 g/mol. The minimum Gasteiger partial charge on any atom is -0.479 e. The van der Waals surface area contributed by atoms with Crippen LogP contribution in [0.5, 0.6) is 5.75 Å². The molecule has 1 aliphatic heterocycles. The van der Waals surface area contributed by atoms with E-state index in [-0.39, 0.29) is 12.5 Å². The van der Waals surface area contributed by atoms with Crippen LogP contribution < -0.4 is 4.74 Å². The van der Waals surface area contributed by atoms with Gasteiger partial charge in [0.2, 0.25) is 5.91 Å². The van der Waals surface area contributed by atoms with Crippen molar-refractivity contribution < 1.29 is 19.4 Å². The molecule has 1 fully saturated rings. The quantitative estimate of drug-likeness (QED) is 0.796. The number of aromatic nitrogens is 2. The van der Waals surface area contributed by atoms with Crippen LogP contribution in [0.3, 0.4) is 0 Å². The van der Waals surface area contributed by atoms with Crippen molar-refractivity contribution >= 4 is 11.9 Å². The fourth-order valence-electron chi connectivity index (χ4n) is 1.86.